The maximum atomic E-state index is 12.8. The van der Waals surface area contributed by atoms with Crippen LogP contribution in [0.4, 0.5) is 19.0 Å². The van der Waals surface area contributed by atoms with E-state index in [1.165, 1.54) is 12.3 Å². The minimum atomic E-state index is -4.56. The number of carbonyl (C=O) groups excluding carboxylic acids is 1. The number of benzene rings is 1. The monoisotopic (exact) mass is 476 g/mol. The summed E-state index contributed by atoms with van der Waals surface area (Å²) in [4.78, 5) is 20.4. The van der Waals surface area contributed by atoms with Gasteiger partial charge in [0.15, 0.2) is 0 Å². The minimum Gasteiger partial charge on any atom is -0.383 e. The molecule has 3 aromatic rings. The molecule has 3 N–H and O–H groups in total. The van der Waals surface area contributed by atoms with Gasteiger partial charge >= 0.3 is 6.18 Å². The lowest BCUT2D eigenvalue weighted by Crippen LogP contribution is -2.35. The van der Waals surface area contributed by atoms with Crippen molar-refractivity contribution in [2.75, 3.05) is 5.73 Å². The number of nitrogens with two attached hydrogens (primary N) is 1. The summed E-state index contributed by atoms with van der Waals surface area (Å²) in [5.41, 5.74) is 6.30. The Hall–Kier alpha value is -2.94. The fraction of sp³-hybridized carbons (Fsp3) is 0.190. The Morgan fingerprint density at radius 3 is 2.30 bits per heavy atom. The van der Waals surface area contributed by atoms with Gasteiger partial charge in [-0.05, 0) is 55.3 Å². The number of hydrogen-bond donors (Lipinski definition) is 2. The lowest BCUT2D eigenvalue weighted by Gasteiger charge is -2.18. The van der Waals surface area contributed by atoms with Gasteiger partial charge in [-0.25, -0.2) is 4.98 Å². The number of hydrogen-bond acceptors (Lipinski definition) is 4. The molecule has 1 amide bonds. The summed E-state index contributed by atoms with van der Waals surface area (Å²) < 4.78 is 39.2. The first-order chi connectivity index (χ1) is 14.2. The van der Waals surface area contributed by atoms with Gasteiger partial charge in [0, 0.05) is 27.4 Å². The van der Waals surface area contributed by atoms with E-state index in [0.29, 0.717) is 22.4 Å². The van der Waals surface area contributed by atoms with Crippen molar-refractivity contribution in [2.45, 2.75) is 24.6 Å². The Labute approximate surface area is 178 Å². The molecule has 154 valence electrons. The van der Waals surface area contributed by atoms with E-state index in [9.17, 15) is 18.0 Å². The van der Waals surface area contributed by atoms with Gasteiger partial charge in [0.1, 0.15) is 11.5 Å². The lowest BCUT2D eigenvalue weighted by atomic mass is 10.1. The van der Waals surface area contributed by atoms with Crippen LogP contribution < -0.4 is 11.1 Å². The molecule has 0 spiro atoms. The van der Waals surface area contributed by atoms with Crippen LogP contribution in [-0.2, 0) is 11.7 Å². The Morgan fingerprint density at radius 2 is 1.77 bits per heavy atom. The molecule has 1 aromatic carbocycles. The fourth-order valence-corrected chi connectivity index (χ4v) is 3.44. The molecule has 1 fully saturated rings. The van der Waals surface area contributed by atoms with Crippen molar-refractivity contribution in [3.63, 3.8) is 0 Å². The molecule has 0 aliphatic heterocycles. The van der Waals surface area contributed by atoms with Crippen molar-refractivity contribution >= 4 is 27.7 Å². The summed E-state index contributed by atoms with van der Waals surface area (Å²) in [6.45, 7) is 0. The number of rotatable bonds is 4. The number of nitrogens with one attached hydrogen (secondary N) is 1. The van der Waals surface area contributed by atoms with Crippen LogP contribution >= 0.6 is 15.9 Å². The summed E-state index contributed by atoms with van der Waals surface area (Å²) in [5, 5.41) is 3.04. The minimum absolute atomic E-state index is 0.193. The second-order valence-electron chi connectivity index (χ2n) is 7.10. The van der Waals surface area contributed by atoms with Gasteiger partial charge in [0.2, 0.25) is 0 Å². The highest BCUT2D eigenvalue weighted by Crippen LogP contribution is 2.45. The molecule has 0 saturated heterocycles. The second kappa shape index (κ2) is 7.39. The third-order valence-corrected chi connectivity index (χ3v) is 5.52. The van der Waals surface area contributed by atoms with Crippen LogP contribution in [0.15, 0.2) is 59.2 Å². The predicted octanol–water partition coefficient (Wildman–Crippen LogP) is 4.93. The van der Waals surface area contributed by atoms with Gasteiger partial charge in [-0.15, -0.1) is 0 Å². The quantitative estimate of drug-likeness (QED) is 0.559. The predicted molar refractivity (Wildman–Crippen MR) is 109 cm³/mol. The van der Waals surface area contributed by atoms with Gasteiger partial charge in [-0.2, -0.15) is 13.2 Å². The van der Waals surface area contributed by atoms with E-state index in [0.717, 1.165) is 23.4 Å². The van der Waals surface area contributed by atoms with E-state index in [1.807, 2.05) is 0 Å². The number of carbonyl (C=O) groups is 1. The average Bonchev–Trinajstić information content (AvgIpc) is 3.48. The molecular weight excluding hydrogens is 461 g/mol. The van der Waals surface area contributed by atoms with Gasteiger partial charge in [-0.1, -0.05) is 22.0 Å². The molecule has 0 atom stereocenters. The Kier molecular flexibility index (Phi) is 5.01. The van der Waals surface area contributed by atoms with Crippen molar-refractivity contribution in [3.8, 4) is 11.1 Å². The number of nitrogen functional groups attached to an aromatic ring is 1. The summed E-state index contributed by atoms with van der Waals surface area (Å²) in [6.07, 6.45) is -1.51. The number of halogens is 4. The molecular formula is C21H16BrF3N4O. The number of amides is 1. The summed E-state index contributed by atoms with van der Waals surface area (Å²) >= 11 is 3.34. The van der Waals surface area contributed by atoms with Gasteiger partial charge in [0.25, 0.3) is 5.91 Å². The highest BCUT2D eigenvalue weighted by Gasteiger charge is 2.47. The Balaban J connectivity index is 1.53. The van der Waals surface area contributed by atoms with Gasteiger partial charge in [-0.3, -0.25) is 9.78 Å². The standard InChI is InChI=1S/C21H16BrF3N4O/c22-14-4-1-12(2-5-14)19(30)29-20(9-10-20)16-7-3-13(11-27-16)15-6-8-17(21(23,24)25)28-18(15)26/h1-8,11H,9-10H2,(H2,26,28)(H,29,30). The zero-order valence-electron chi connectivity index (χ0n) is 15.5. The van der Waals surface area contributed by atoms with Gasteiger partial charge in [0.05, 0.1) is 11.2 Å². The molecule has 5 nitrogen and oxygen atoms in total. The first-order valence-corrected chi connectivity index (χ1v) is 9.86. The molecule has 1 saturated carbocycles. The Morgan fingerprint density at radius 1 is 1.07 bits per heavy atom. The number of nitrogens with zero attached hydrogens (tertiary/aromatic N) is 2. The van der Waals surface area contributed by atoms with Crippen LogP contribution in [0.1, 0.15) is 34.6 Å². The van der Waals surface area contributed by atoms with E-state index in [4.69, 9.17) is 5.73 Å². The van der Waals surface area contributed by atoms with Crippen molar-refractivity contribution in [1.82, 2.24) is 15.3 Å². The van der Waals surface area contributed by atoms with Crippen molar-refractivity contribution in [3.05, 3.63) is 76.2 Å². The van der Waals surface area contributed by atoms with E-state index in [1.54, 1.807) is 36.4 Å². The van der Waals surface area contributed by atoms with E-state index in [2.05, 4.69) is 31.2 Å². The molecule has 1 aliphatic carbocycles. The molecule has 2 aromatic heterocycles. The summed E-state index contributed by atoms with van der Waals surface area (Å²) in [7, 11) is 0. The summed E-state index contributed by atoms with van der Waals surface area (Å²) in [6, 6.07) is 12.7. The largest absolute Gasteiger partial charge is 0.433 e. The van der Waals surface area contributed by atoms with Crippen molar-refractivity contribution in [1.29, 1.82) is 0 Å². The topological polar surface area (TPSA) is 80.9 Å². The SMILES string of the molecule is Nc1nc(C(F)(F)F)ccc1-c1ccc(C2(NC(=O)c3ccc(Br)cc3)CC2)nc1. The van der Waals surface area contributed by atoms with E-state index >= 15 is 0 Å². The van der Waals surface area contributed by atoms with Crippen LogP contribution in [0.5, 0.6) is 0 Å². The zero-order valence-corrected chi connectivity index (χ0v) is 17.1. The number of alkyl halides is 3. The molecule has 0 radical (unpaired) electrons. The molecule has 9 heteroatoms. The maximum absolute atomic E-state index is 12.8. The summed E-state index contributed by atoms with van der Waals surface area (Å²) in [5.74, 6) is -0.411. The van der Waals surface area contributed by atoms with E-state index < -0.39 is 17.4 Å². The third kappa shape index (κ3) is 4.02. The van der Waals surface area contributed by atoms with Crippen LogP contribution in [0.25, 0.3) is 11.1 Å². The van der Waals surface area contributed by atoms with Crippen LogP contribution in [0.3, 0.4) is 0 Å². The zero-order chi connectivity index (χ0) is 21.5. The van der Waals surface area contributed by atoms with Crippen molar-refractivity contribution in [2.24, 2.45) is 0 Å². The molecule has 0 unspecified atom stereocenters. The van der Waals surface area contributed by atoms with Crippen LogP contribution in [0, 0.1) is 0 Å². The van der Waals surface area contributed by atoms with Crippen LogP contribution in [-0.4, -0.2) is 15.9 Å². The molecule has 0 bridgehead atoms. The average molecular weight is 477 g/mol. The first kappa shape index (κ1) is 20.3. The lowest BCUT2D eigenvalue weighted by molar-refractivity contribution is -0.141. The molecule has 1 aliphatic rings. The molecule has 30 heavy (non-hydrogen) atoms. The maximum Gasteiger partial charge on any atom is 0.433 e. The highest BCUT2D eigenvalue weighted by atomic mass is 79.9. The van der Waals surface area contributed by atoms with Gasteiger partial charge < -0.3 is 11.1 Å². The van der Waals surface area contributed by atoms with E-state index in [-0.39, 0.29) is 11.7 Å². The first-order valence-electron chi connectivity index (χ1n) is 9.07. The Bertz CT molecular complexity index is 1090. The molecule has 4 rings (SSSR count). The number of pyridine rings is 2. The number of anilines is 1. The fourth-order valence-electron chi connectivity index (χ4n) is 3.17. The normalized spacial score (nSPS) is 14.9. The number of aromatic nitrogens is 2. The van der Waals surface area contributed by atoms with Crippen LogP contribution in [0.2, 0.25) is 0 Å². The highest BCUT2D eigenvalue weighted by molar-refractivity contribution is 9.10. The van der Waals surface area contributed by atoms with Crippen molar-refractivity contribution < 1.29 is 18.0 Å². The molecule has 2 heterocycles. The third-order valence-electron chi connectivity index (χ3n) is 4.99. The smallest absolute Gasteiger partial charge is 0.383 e. The second-order valence-corrected chi connectivity index (χ2v) is 8.02.